The van der Waals surface area contributed by atoms with E-state index < -0.39 is 0 Å². The third kappa shape index (κ3) is 1.98. The van der Waals surface area contributed by atoms with Crippen molar-refractivity contribution in [3.05, 3.63) is 0 Å². The zero-order valence-electron chi connectivity index (χ0n) is 8.09. The Kier molecular flexibility index (Phi) is 2.18. The lowest BCUT2D eigenvalue weighted by atomic mass is 9.64. The van der Waals surface area contributed by atoms with Crippen molar-refractivity contribution in [1.29, 1.82) is 5.26 Å². The van der Waals surface area contributed by atoms with Crippen LogP contribution in [0.5, 0.6) is 0 Å². The van der Waals surface area contributed by atoms with Gasteiger partial charge in [0.15, 0.2) is 0 Å². The number of nitriles is 1. The molecule has 1 aliphatic carbocycles. The quantitative estimate of drug-likeness (QED) is 0.600. The molecule has 0 heterocycles. The fourth-order valence-electron chi connectivity index (χ4n) is 2.52. The molecule has 12 heavy (non-hydrogen) atoms. The van der Waals surface area contributed by atoms with Gasteiger partial charge in [-0.2, -0.15) is 5.26 Å². The second kappa shape index (κ2) is 2.74. The van der Waals surface area contributed by atoms with E-state index in [0.29, 0.717) is 6.42 Å². The Morgan fingerprint density at radius 1 is 1.33 bits per heavy atom. The van der Waals surface area contributed by atoms with Crippen LogP contribution in [-0.2, 0) is 0 Å². The van der Waals surface area contributed by atoms with Gasteiger partial charge in [0.05, 0.1) is 17.6 Å². The zero-order valence-corrected chi connectivity index (χ0v) is 8.09. The molecular formula is C10H17NO. The van der Waals surface area contributed by atoms with E-state index in [4.69, 9.17) is 5.26 Å². The number of hydrogen-bond donors (Lipinski definition) is 1. The maximum absolute atomic E-state index is 9.56. The Morgan fingerprint density at radius 3 is 2.33 bits per heavy atom. The standard InChI is InChI=1S/C10H17NO/c1-9(2)4-8(12)5-10(3,6-9)7-11/h8,12H,4-6H2,1-3H3/t8-,10?/m0/s1. The summed E-state index contributed by atoms with van der Waals surface area (Å²) in [6.07, 6.45) is 2.06. The molecule has 1 N–H and O–H groups in total. The van der Waals surface area contributed by atoms with E-state index in [9.17, 15) is 5.11 Å². The van der Waals surface area contributed by atoms with Crippen molar-refractivity contribution in [2.24, 2.45) is 10.8 Å². The molecule has 1 unspecified atom stereocenters. The third-order valence-corrected chi connectivity index (χ3v) is 2.61. The highest BCUT2D eigenvalue weighted by Crippen LogP contribution is 2.45. The Balaban J connectivity index is 2.78. The van der Waals surface area contributed by atoms with Gasteiger partial charge >= 0.3 is 0 Å². The fraction of sp³-hybridized carbons (Fsp3) is 0.900. The highest BCUT2D eigenvalue weighted by atomic mass is 16.3. The maximum atomic E-state index is 9.56. The minimum Gasteiger partial charge on any atom is -0.393 e. The van der Waals surface area contributed by atoms with Gasteiger partial charge in [-0.3, -0.25) is 0 Å². The first kappa shape index (κ1) is 9.54. The number of aliphatic hydroxyl groups is 1. The molecule has 0 radical (unpaired) electrons. The molecule has 0 aromatic carbocycles. The van der Waals surface area contributed by atoms with Crippen LogP contribution in [-0.4, -0.2) is 11.2 Å². The molecule has 0 spiro atoms. The predicted molar refractivity (Wildman–Crippen MR) is 47.4 cm³/mol. The molecule has 1 aliphatic rings. The Bertz CT molecular complexity index is 216. The molecule has 0 saturated heterocycles. The summed E-state index contributed by atoms with van der Waals surface area (Å²) in [5.74, 6) is 0. The Hall–Kier alpha value is -0.550. The summed E-state index contributed by atoms with van der Waals surface area (Å²) in [7, 11) is 0. The first-order valence-corrected chi connectivity index (χ1v) is 4.46. The van der Waals surface area contributed by atoms with Crippen molar-refractivity contribution in [3.8, 4) is 6.07 Å². The normalized spacial score (nSPS) is 40.4. The van der Waals surface area contributed by atoms with Gasteiger partial charge in [-0.1, -0.05) is 13.8 Å². The smallest absolute Gasteiger partial charge is 0.0688 e. The van der Waals surface area contributed by atoms with E-state index in [1.807, 2.05) is 6.92 Å². The van der Waals surface area contributed by atoms with Crippen LogP contribution in [0, 0.1) is 22.2 Å². The van der Waals surface area contributed by atoms with Crippen LogP contribution in [0.25, 0.3) is 0 Å². The van der Waals surface area contributed by atoms with Crippen LogP contribution in [0.1, 0.15) is 40.0 Å². The molecular weight excluding hydrogens is 150 g/mol. The van der Waals surface area contributed by atoms with Crippen molar-refractivity contribution in [1.82, 2.24) is 0 Å². The Morgan fingerprint density at radius 2 is 1.92 bits per heavy atom. The van der Waals surface area contributed by atoms with Crippen LogP contribution in [0.4, 0.5) is 0 Å². The van der Waals surface area contributed by atoms with Crippen LogP contribution < -0.4 is 0 Å². The predicted octanol–water partition coefficient (Wildman–Crippen LogP) is 2.09. The SMILES string of the molecule is CC1(C)C[C@H](O)CC(C)(C#N)C1. The molecule has 2 nitrogen and oxygen atoms in total. The van der Waals surface area contributed by atoms with Gasteiger partial charge in [0.1, 0.15) is 0 Å². The second-order valence-electron chi connectivity index (χ2n) is 5.08. The highest BCUT2D eigenvalue weighted by Gasteiger charge is 2.40. The third-order valence-electron chi connectivity index (χ3n) is 2.61. The molecule has 68 valence electrons. The van der Waals surface area contributed by atoms with E-state index in [1.165, 1.54) is 0 Å². The van der Waals surface area contributed by atoms with E-state index in [-0.39, 0.29) is 16.9 Å². The molecule has 0 aliphatic heterocycles. The minimum absolute atomic E-state index is 0.113. The number of aliphatic hydroxyl groups excluding tert-OH is 1. The van der Waals surface area contributed by atoms with Crippen LogP contribution in [0.2, 0.25) is 0 Å². The average molecular weight is 167 g/mol. The Labute approximate surface area is 74.2 Å². The average Bonchev–Trinajstić information content (AvgIpc) is 1.82. The van der Waals surface area contributed by atoms with Crippen molar-refractivity contribution in [2.75, 3.05) is 0 Å². The molecule has 1 saturated carbocycles. The van der Waals surface area contributed by atoms with Crippen molar-refractivity contribution >= 4 is 0 Å². The monoisotopic (exact) mass is 167 g/mol. The van der Waals surface area contributed by atoms with Crippen LogP contribution in [0.15, 0.2) is 0 Å². The summed E-state index contributed by atoms with van der Waals surface area (Å²) in [5, 5.41) is 18.5. The van der Waals surface area contributed by atoms with Gasteiger partial charge in [0.25, 0.3) is 0 Å². The van der Waals surface area contributed by atoms with Gasteiger partial charge < -0.3 is 5.11 Å². The number of hydrogen-bond acceptors (Lipinski definition) is 2. The summed E-state index contributed by atoms with van der Waals surface area (Å²) in [6.45, 7) is 6.17. The topological polar surface area (TPSA) is 44.0 Å². The number of rotatable bonds is 0. The van der Waals surface area contributed by atoms with Crippen molar-refractivity contribution in [2.45, 2.75) is 46.1 Å². The fourth-order valence-corrected chi connectivity index (χ4v) is 2.52. The minimum atomic E-state index is -0.318. The van der Waals surface area contributed by atoms with Gasteiger partial charge in [0, 0.05) is 0 Å². The summed E-state index contributed by atoms with van der Waals surface area (Å²) in [5.41, 5.74) is -0.205. The van der Waals surface area contributed by atoms with Gasteiger partial charge in [0.2, 0.25) is 0 Å². The lowest BCUT2D eigenvalue weighted by Gasteiger charge is -2.41. The molecule has 0 aromatic rings. The summed E-state index contributed by atoms with van der Waals surface area (Å²) in [4.78, 5) is 0. The van der Waals surface area contributed by atoms with Crippen LogP contribution in [0.3, 0.4) is 0 Å². The lowest BCUT2D eigenvalue weighted by molar-refractivity contribution is 0.0148. The van der Waals surface area contributed by atoms with E-state index >= 15 is 0 Å². The zero-order chi connectivity index (χ0) is 9.41. The molecule has 2 atom stereocenters. The molecule has 1 fully saturated rings. The van der Waals surface area contributed by atoms with Gasteiger partial charge in [-0.15, -0.1) is 0 Å². The maximum Gasteiger partial charge on any atom is 0.0688 e. The summed E-state index contributed by atoms with van der Waals surface area (Å²) in [6, 6.07) is 2.31. The van der Waals surface area contributed by atoms with Crippen LogP contribution >= 0.6 is 0 Å². The lowest BCUT2D eigenvalue weighted by Crippen LogP contribution is -2.37. The van der Waals surface area contributed by atoms with Crippen molar-refractivity contribution in [3.63, 3.8) is 0 Å². The van der Waals surface area contributed by atoms with Crippen molar-refractivity contribution < 1.29 is 5.11 Å². The number of nitrogens with zero attached hydrogens (tertiary/aromatic N) is 1. The van der Waals surface area contributed by atoms with E-state index in [1.54, 1.807) is 0 Å². The first-order valence-electron chi connectivity index (χ1n) is 4.46. The molecule has 2 heteroatoms. The molecule has 0 amide bonds. The van der Waals surface area contributed by atoms with E-state index in [2.05, 4.69) is 19.9 Å². The molecule has 1 rings (SSSR count). The van der Waals surface area contributed by atoms with E-state index in [0.717, 1.165) is 12.8 Å². The highest BCUT2D eigenvalue weighted by molar-refractivity contribution is 5.03. The molecule has 0 aromatic heterocycles. The summed E-state index contributed by atoms with van der Waals surface area (Å²) < 4.78 is 0. The first-order chi connectivity index (χ1) is 5.37. The molecule has 0 bridgehead atoms. The van der Waals surface area contributed by atoms with Gasteiger partial charge in [-0.05, 0) is 31.6 Å². The summed E-state index contributed by atoms with van der Waals surface area (Å²) >= 11 is 0. The van der Waals surface area contributed by atoms with Gasteiger partial charge in [-0.25, -0.2) is 0 Å². The largest absolute Gasteiger partial charge is 0.393 e. The second-order valence-corrected chi connectivity index (χ2v) is 5.08.